The normalized spacial score (nSPS) is 10.4. The monoisotopic (exact) mass is 232 g/mol. The third kappa shape index (κ3) is 11.6. The molecule has 0 unspecified atom stereocenters. The standard InChI is InChI=1S/C11H24N2OS/c1-4-6-12-11(15)13-7-9-14-8-5-10(2)3/h10H,4-9H2,1-3H3,(H2,12,13,15). The van der Waals surface area contributed by atoms with Crippen LogP contribution < -0.4 is 10.6 Å². The molecule has 2 N–H and O–H groups in total. The Kier molecular flexibility index (Phi) is 9.94. The molecule has 15 heavy (non-hydrogen) atoms. The van der Waals surface area contributed by atoms with E-state index in [9.17, 15) is 0 Å². The van der Waals surface area contributed by atoms with E-state index >= 15 is 0 Å². The van der Waals surface area contributed by atoms with Crippen LogP contribution in [0.5, 0.6) is 0 Å². The summed E-state index contributed by atoms with van der Waals surface area (Å²) in [6, 6.07) is 0. The van der Waals surface area contributed by atoms with Crippen molar-refractivity contribution < 1.29 is 4.74 Å². The topological polar surface area (TPSA) is 33.3 Å². The fourth-order valence-corrected chi connectivity index (χ4v) is 1.16. The molecule has 0 aliphatic rings. The van der Waals surface area contributed by atoms with Gasteiger partial charge in [0.2, 0.25) is 0 Å². The van der Waals surface area contributed by atoms with Gasteiger partial charge in [0.05, 0.1) is 6.61 Å². The fourth-order valence-electron chi connectivity index (χ4n) is 0.959. The predicted molar refractivity (Wildman–Crippen MR) is 69.2 cm³/mol. The van der Waals surface area contributed by atoms with Crippen molar-refractivity contribution in [2.24, 2.45) is 5.92 Å². The Balaban J connectivity index is 3.13. The lowest BCUT2D eigenvalue weighted by molar-refractivity contribution is 0.128. The van der Waals surface area contributed by atoms with Crippen LogP contribution in [0.4, 0.5) is 0 Å². The number of hydrogen-bond acceptors (Lipinski definition) is 2. The van der Waals surface area contributed by atoms with Gasteiger partial charge in [-0.05, 0) is 31.0 Å². The third-order valence-corrected chi connectivity index (χ3v) is 2.20. The Morgan fingerprint density at radius 1 is 1.20 bits per heavy atom. The maximum Gasteiger partial charge on any atom is 0.166 e. The van der Waals surface area contributed by atoms with Crippen molar-refractivity contribution in [1.29, 1.82) is 0 Å². The Bertz CT molecular complexity index is 163. The highest BCUT2D eigenvalue weighted by atomic mass is 32.1. The average Bonchev–Trinajstić information content (AvgIpc) is 2.19. The molecule has 3 nitrogen and oxygen atoms in total. The Morgan fingerprint density at radius 3 is 2.47 bits per heavy atom. The molecule has 0 aromatic carbocycles. The summed E-state index contributed by atoms with van der Waals surface area (Å²) < 4.78 is 5.45. The minimum Gasteiger partial charge on any atom is -0.380 e. The van der Waals surface area contributed by atoms with Crippen molar-refractivity contribution in [3.05, 3.63) is 0 Å². The second kappa shape index (κ2) is 10.2. The van der Waals surface area contributed by atoms with E-state index in [-0.39, 0.29) is 0 Å². The molecule has 0 spiro atoms. The van der Waals surface area contributed by atoms with E-state index in [1.54, 1.807) is 0 Å². The second-order valence-corrected chi connectivity index (χ2v) is 4.39. The molecular formula is C11H24N2OS. The molecule has 0 bridgehead atoms. The van der Waals surface area contributed by atoms with E-state index < -0.39 is 0 Å². The zero-order valence-corrected chi connectivity index (χ0v) is 11.0. The first kappa shape index (κ1) is 14.6. The van der Waals surface area contributed by atoms with Crippen molar-refractivity contribution in [3.63, 3.8) is 0 Å². The molecule has 0 saturated heterocycles. The summed E-state index contributed by atoms with van der Waals surface area (Å²) in [4.78, 5) is 0. The van der Waals surface area contributed by atoms with Gasteiger partial charge < -0.3 is 15.4 Å². The van der Waals surface area contributed by atoms with E-state index in [0.717, 1.165) is 44.3 Å². The fraction of sp³-hybridized carbons (Fsp3) is 0.909. The highest BCUT2D eigenvalue weighted by molar-refractivity contribution is 7.80. The third-order valence-electron chi connectivity index (χ3n) is 1.91. The molecule has 0 saturated carbocycles. The first-order chi connectivity index (χ1) is 7.16. The molecule has 0 amide bonds. The highest BCUT2D eigenvalue weighted by Crippen LogP contribution is 1.98. The molecule has 0 aromatic heterocycles. The Hall–Kier alpha value is -0.350. The maximum absolute atomic E-state index is 5.45. The van der Waals surface area contributed by atoms with Crippen LogP contribution in [0, 0.1) is 5.92 Å². The SMILES string of the molecule is CCCNC(=S)NCCOCCC(C)C. The van der Waals surface area contributed by atoms with Gasteiger partial charge in [-0.25, -0.2) is 0 Å². The van der Waals surface area contributed by atoms with Crippen molar-refractivity contribution in [1.82, 2.24) is 10.6 Å². The van der Waals surface area contributed by atoms with Gasteiger partial charge in [-0.3, -0.25) is 0 Å². The van der Waals surface area contributed by atoms with E-state index in [4.69, 9.17) is 17.0 Å². The van der Waals surface area contributed by atoms with E-state index in [1.165, 1.54) is 0 Å². The predicted octanol–water partition coefficient (Wildman–Crippen LogP) is 1.92. The molecular weight excluding hydrogens is 208 g/mol. The number of hydrogen-bond donors (Lipinski definition) is 2. The molecule has 0 aromatic rings. The zero-order chi connectivity index (χ0) is 11.5. The summed E-state index contributed by atoms with van der Waals surface area (Å²) in [7, 11) is 0. The van der Waals surface area contributed by atoms with Crippen LogP contribution >= 0.6 is 12.2 Å². The molecule has 0 rings (SSSR count). The van der Waals surface area contributed by atoms with Crippen molar-refractivity contribution in [3.8, 4) is 0 Å². The molecule has 0 aliphatic heterocycles. The van der Waals surface area contributed by atoms with Crippen molar-refractivity contribution in [2.45, 2.75) is 33.6 Å². The largest absolute Gasteiger partial charge is 0.380 e. The molecule has 90 valence electrons. The van der Waals surface area contributed by atoms with Gasteiger partial charge in [0, 0.05) is 19.7 Å². The Morgan fingerprint density at radius 2 is 1.87 bits per heavy atom. The number of thiocarbonyl (C=S) groups is 1. The van der Waals surface area contributed by atoms with Gasteiger partial charge in [0.1, 0.15) is 0 Å². The highest BCUT2D eigenvalue weighted by Gasteiger charge is 1.95. The summed E-state index contributed by atoms with van der Waals surface area (Å²) in [5, 5.41) is 6.93. The van der Waals surface area contributed by atoms with E-state index in [1.807, 2.05) is 0 Å². The molecule has 0 atom stereocenters. The second-order valence-electron chi connectivity index (χ2n) is 3.98. The van der Waals surface area contributed by atoms with E-state index in [0.29, 0.717) is 5.92 Å². The summed E-state index contributed by atoms with van der Waals surface area (Å²) in [5.41, 5.74) is 0. The lowest BCUT2D eigenvalue weighted by Crippen LogP contribution is -2.37. The van der Waals surface area contributed by atoms with Gasteiger partial charge in [0.15, 0.2) is 5.11 Å². The van der Waals surface area contributed by atoms with Crippen LogP contribution in [0.15, 0.2) is 0 Å². The van der Waals surface area contributed by atoms with E-state index in [2.05, 4.69) is 31.4 Å². The minimum atomic E-state index is 0.713. The van der Waals surface area contributed by atoms with Gasteiger partial charge in [-0.2, -0.15) is 0 Å². The average molecular weight is 232 g/mol. The zero-order valence-electron chi connectivity index (χ0n) is 10.1. The van der Waals surface area contributed by atoms with Crippen LogP contribution in [0.3, 0.4) is 0 Å². The minimum absolute atomic E-state index is 0.713. The summed E-state index contributed by atoms with van der Waals surface area (Å²) >= 11 is 5.06. The number of rotatable bonds is 8. The lowest BCUT2D eigenvalue weighted by Gasteiger charge is -2.10. The first-order valence-corrected chi connectivity index (χ1v) is 6.17. The maximum atomic E-state index is 5.45. The molecule has 0 fully saturated rings. The Labute approximate surface area is 99.0 Å². The van der Waals surface area contributed by atoms with Crippen LogP contribution in [-0.4, -0.2) is 31.4 Å². The van der Waals surface area contributed by atoms with Crippen molar-refractivity contribution in [2.75, 3.05) is 26.3 Å². The summed E-state index contributed by atoms with van der Waals surface area (Å²) in [6.45, 7) is 9.80. The molecule has 0 aliphatic carbocycles. The summed E-state index contributed by atoms with van der Waals surface area (Å²) in [6.07, 6.45) is 2.21. The van der Waals surface area contributed by atoms with Crippen LogP contribution in [-0.2, 0) is 4.74 Å². The quantitative estimate of drug-likeness (QED) is 0.495. The molecule has 0 heterocycles. The van der Waals surface area contributed by atoms with Crippen LogP contribution in [0.1, 0.15) is 33.6 Å². The van der Waals surface area contributed by atoms with Crippen LogP contribution in [0.25, 0.3) is 0 Å². The smallest absolute Gasteiger partial charge is 0.166 e. The van der Waals surface area contributed by atoms with Gasteiger partial charge in [0.25, 0.3) is 0 Å². The molecule has 4 heteroatoms. The molecule has 0 radical (unpaired) electrons. The van der Waals surface area contributed by atoms with Gasteiger partial charge >= 0.3 is 0 Å². The van der Waals surface area contributed by atoms with Gasteiger partial charge in [-0.15, -0.1) is 0 Å². The van der Waals surface area contributed by atoms with Crippen molar-refractivity contribution >= 4 is 17.3 Å². The van der Waals surface area contributed by atoms with Gasteiger partial charge in [-0.1, -0.05) is 20.8 Å². The number of ether oxygens (including phenoxy) is 1. The first-order valence-electron chi connectivity index (χ1n) is 5.76. The number of nitrogens with one attached hydrogen (secondary N) is 2. The lowest BCUT2D eigenvalue weighted by atomic mass is 10.1. The summed E-state index contributed by atoms with van der Waals surface area (Å²) in [5.74, 6) is 0.713. The van der Waals surface area contributed by atoms with Crippen LogP contribution in [0.2, 0.25) is 0 Å².